The molecule has 0 unspecified atom stereocenters. The maximum Gasteiger partial charge on any atom is 0.264 e. The second-order valence-electron chi connectivity index (χ2n) is 9.37. The fraction of sp³-hybridized carbons (Fsp3) is 0.0645. The maximum atomic E-state index is 13.5. The Morgan fingerprint density at radius 1 is 0.707 bits per heavy atom. The average molecular weight is 586 g/mol. The van der Waals surface area contributed by atoms with Crippen molar-refractivity contribution in [2.75, 3.05) is 20.9 Å². The van der Waals surface area contributed by atoms with Gasteiger partial charge >= 0.3 is 0 Å². The number of benzene rings is 5. The standard InChI is InChI=1S/C31H27N3O5S2/c1-23-9-7-12-26(21-23)34(41(38,39)28-13-3-2-4-14-28)22-31(35)32-25-17-19-27(20-18-25)40(36,37)33-30-16-8-11-24-10-5-6-15-29(24)30/h2-21,33H,22H2,1H3,(H,32,35). The van der Waals surface area contributed by atoms with Crippen LogP contribution in [-0.4, -0.2) is 29.3 Å². The van der Waals surface area contributed by atoms with E-state index in [-0.39, 0.29) is 9.79 Å². The lowest BCUT2D eigenvalue weighted by Crippen LogP contribution is -2.38. The van der Waals surface area contributed by atoms with E-state index in [1.54, 1.807) is 48.5 Å². The second-order valence-corrected chi connectivity index (χ2v) is 12.9. The summed E-state index contributed by atoms with van der Waals surface area (Å²) < 4.78 is 56.8. The molecule has 0 saturated carbocycles. The first-order chi connectivity index (χ1) is 19.6. The van der Waals surface area contributed by atoms with E-state index in [0.717, 1.165) is 20.6 Å². The second kappa shape index (κ2) is 11.4. The van der Waals surface area contributed by atoms with Gasteiger partial charge in [-0.3, -0.25) is 13.8 Å². The Kier molecular flexibility index (Phi) is 7.78. The van der Waals surface area contributed by atoms with Crippen LogP contribution in [0.1, 0.15) is 5.56 Å². The lowest BCUT2D eigenvalue weighted by atomic mass is 10.1. The molecule has 1 amide bonds. The zero-order valence-electron chi connectivity index (χ0n) is 22.1. The first-order valence-corrected chi connectivity index (χ1v) is 15.6. The van der Waals surface area contributed by atoms with Crippen LogP contribution in [0.25, 0.3) is 10.8 Å². The van der Waals surface area contributed by atoms with Gasteiger partial charge in [-0.05, 0) is 72.5 Å². The van der Waals surface area contributed by atoms with Crippen LogP contribution in [0.5, 0.6) is 0 Å². The number of anilines is 3. The quantitative estimate of drug-likeness (QED) is 0.228. The molecule has 0 radical (unpaired) electrons. The molecule has 41 heavy (non-hydrogen) atoms. The van der Waals surface area contributed by atoms with Gasteiger partial charge in [0.2, 0.25) is 5.91 Å². The summed E-state index contributed by atoms with van der Waals surface area (Å²) >= 11 is 0. The van der Waals surface area contributed by atoms with Crippen LogP contribution in [0.4, 0.5) is 17.1 Å². The van der Waals surface area contributed by atoms with Crippen molar-refractivity contribution in [3.05, 3.63) is 127 Å². The van der Waals surface area contributed by atoms with E-state index in [0.29, 0.717) is 17.1 Å². The number of carbonyl (C=O) groups excluding carboxylic acids is 1. The molecule has 10 heteroatoms. The van der Waals surface area contributed by atoms with Gasteiger partial charge in [0.25, 0.3) is 20.0 Å². The van der Waals surface area contributed by atoms with E-state index >= 15 is 0 Å². The van der Waals surface area contributed by atoms with Crippen molar-refractivity contribution in [2.24, 2.45) is 0 Å². The third kappa shape index (κ3) is 6.24. The lowest BCUT2D eigenvalue weighted by Gasteiger charge is -2.24. The zero-order chi connectivity index (χ0) is 29.0. The SMILES string of the molecule is Cc1cccc(N(CC(=O)Nc2ccc(S(=O)(=O)Nc3cccc4ccccc34)cc2)S(=O)(=O)c2ccccc2)c1. The van der Waals surface area contributed by atoms with Gasteiger partial charge in [0.15, 0.2) is 0 Å². The van der Waals surface area contributed by atoms with Gasteiger partial charge in [-0.25, -0.2) is 16.8 Å². The van der Waals surface area contributed by atoms with Crippen molar-refractivity contribution < 1.29 is 21.6 Å². The van der Waals surface area contributed by atoms with Crippen molar-refractivity contribution in [1.82, 2.24) is 0 Å². The summed E-state index contributed by atoms with van der Waals surface area (Å²) in [6.45, 7) is 1.35. The van der Waals surface area contributed by atoms with Crippen molar-refractivity contribution in [3.8, 4) is 0 Å². The smallest absolute Gasteiger partial charge is 0.264 e. The van der Waals surface area contributed by atoms with Gasteiger partial charge in [-0.2, -0.15) is 0 Å². The van der Waals surface area contributed by atoms with Crippen molar-refractivity contribution in [3.63, 3.8) is 0 Å². The molecule has 0 aromatic heterocycles. The minimum Gasteiger partial charge on any atom is -0.325 e. The number of hydrogen-bond acceptors (Lipinski definition) is 5. The number of nitrogens with zero attached hydrogens (tertiary/aromatic N) is 1. The molecular weight excluding hydrogens is 558 g/mol. The highest BCUT2D eigenvalue weighted by atomic mass is 32.2. The molecule has 8 nitrogen and oxygen atoms in total. The largest absolute Gasteiger partial charge is 0.325 e. The van der Waals surface area contributed by atoms with Crippen LogP contribution in [0.2, 0.25) is 0 Å². The van der Waals surface area contributed by atoms with Crippen molar-refractivity contribution in [1.29, 1.82) is 0 Å². The Morgan fingerprint density at radius 2 is 1.37 bits per heavy atom. The first-order valence-electron chi connectivity index (χ1n) is 12.7. The summed E-state index contributed by atoms with van der Waals surface area (Å²) in [5.41, 5.74) is 1.96. The Bertz CT molecular complexity index is 1920. The van der Waals surface area contributed by atoms with Gasteiger partial charge in [-0.15, -0.1) is 0 Å². The monoisotopic (exact) mass is 585 g/mol. The molecule has 0 aliphatic rings. The van der Waals surface area contributed by atoms with Crippen LogP contribution < -0.4 is 14.3 Å². The van der Waals surface area contributed by atoms with E-state index in [4.69, 9.17) is 0 Å². The molecule has 5 rings (SSSR count). The molecule has 5 aromatic rings. The van der Waals surface area contributed by atoms with E-state index in [2.05, 4.69) is 10.0 Å². The molecule has 208 valence electrons. The topological polar surface area (TPSA) is 113 Å². The summed E-state index contributed by atoms with van der Waals surface area (Å²) in [6.07, 6.45) is 0. The number of amides is 1. The fourth-order valence-electron chi connectivity index (χ4n) is 4.38. The third-order valence-corrected chi connectivity index (χ3v) is 9.56. The number of nitrogens with one attached hydrogen (secondary N) is 2. The number of rotatable bonds is 9. The van der Waals surface area contributed by atoms with Crippen LogP contribution in [0.15, 0.2) is 131 Å². The van der Waals surface area contributed by atoms with Gasteiger partial charge in [-0.1, -0.05) is 66.7 Å². The van der Waals surface area contributed by atoms with Crippen LogP contribution in [0, 0.1) is 6.92 Å². The number of carbonyl (C=O) groups is 1. The molecule has 5 aromatic carbocycles. The Morgan fingerprint density at radius 3 is 2.10 bits per heavy atom. The predicted octanol–water partition coefficient (Wildman–Crippen LogP) is 5.78. The normalized spacial score (nSPS) is 11.6. The molecule has 0 atom stereocenters. The number of fused-ring (bicyclic) bond motifs is 1. The molecule has 0 spiro atoms. The highest BCUT2D eigenvalue weighted by molar-refractivity contribution is 7.93. The Balaban J connectivity index is 1.34. The molecular formula is C31H27N3O5S2. The zero-order valence-corrected chi connectivity index (χ0v) is 23.7. The highest BCUT2D eigenvalue weighted by Crippen LogP contribution is 2.27. The molecule has 0 heterocycles. The molecule has 2 N–H and O–H groups in total. The van der Waals surface area contributed by atoms with E-state index in [9.17, 15) is 21.6 Å². The molecule has 0 fully saturated rings. The molecule has 0 aliphatic heterocycles. The third-order valence-electron chi connectivity index (χ3n) is 6.39. The highest BCUT2D eigenvalue weighted by Gasteiger charge is 2.27. The summed E-state index contributed by atoms with van der Waals surface area (Å²) in [6, 6.07) is 33.3. The van der Waals surface area contributed by atoms with Crippen LogP contribution >= 0.6 is 0 Å². The van der Waals surface area contributed by atoms with E-state index < -0.39 is 32.5 Å². The van der Waals surface area contributed by atoms with Gasteiger partial charge in [0.05, 0.1) is 21.2 Å². The van der Waals surface area contributed by atoms with E-state index in [1.807, 2.05) is 43.3 Å². The first kappa shape index (κ1) is 27.9. The predicted molar refractivity (Wildman–Crippen MR) is 162 cm³/mol. The van der Waals surface area contributed by atoms with Gasteiger partial charge in [0.1, 0.15) is 6.54 Å². The fourth-order valence-corrected chi connectivity index (χ4v) is 6.90. The maximum absolute atomic E-state index is 13.5. The minimum atomic E-state index is -4.04. The summed E-state index contributed by atoms with van der Waals surface area (Å²) in [4.78, 5) is 13.1. The lowest BCUT2D eigenvalue weighted by molar-refractivity contribution is -0.114. The van der Waals surface area contributed by atoms with Crippen molar-refractivity contribution in [2.45, 2.75) is 16.7 Å². The minimum absolute atomic E-state index is 0.0106. The van der Waals surface area contributed by atoms with Gasteiger partial charge < -0.3 is 5.32 Å². The van der Waals surface area contributed by atoms with Gasteiger partial charge in [0, 0.05) is 11.1 Å². The van der Waals surface area contributed by atoms with Crippen LogP contribution in [0.3, 0.4) is 0 Å². The number of hydrogen-bond donors (Lipinski definition) is 2. The molecule has 0 bridgehead atoms. The summed E-state index contributed by atoms with van der Waals surface area (Å²) in [5, 5.41) is 4.34. The average Bonchev–Trinajstić information content (AvgIpc) is 2.97. The number of sulfonamides is 2. The summed E-state index contributed by atoms with van der Waals surface area (Å²) in [7, 11) is -7.95. The number of aryl methyl sites for hydroxylation is 1. The molecule has 0 aliphatic carbocycles. The van der Waals surface area contributed by atoms with E-state index in [1.165, 1.54) is 36.4 Å². The van der Waals surface area contributed by atoms with Crippen molar-refractivity contribution >= 4 is 53.8 Å². The van der Waals surface area contributed by atoms with Crippen LogP contribution in [-0.2, 0) is 24.8 Å². The Hall–Kier alpha value is -4.67. The summed E-state index contributed by atoms with van der Waals surface area (Å²) in [5.74, 6) is -0.588. The molecule has 0 saturated heterocycles. The Labute approximate surface area is 239 Å².